The predicted octanol–water partition coefficient (Wildman–Crippen LogP) is 5.53. The van der Waals surface area contributed by atoms with Crippen LogP contribution in [0.25, 0.3) is 10.9 Å². The molecule has 32 heavy (non-hydrogen) atoms. The molecule has 1 heterocycles. The van der Waals surface area contributed by atoms with Crippen molar-refractivity contribution in [3.05, 3.63) is 106 Å². The number of carboxylic acid groups (broad SMARTS) is 1. The van der Waals surface area contributed by atoms with Gasteiger partial charge in [0, 0.05) is 29.7 Å². The Morgan fingerprint density at radius 3 is 2.50 bits per heavy atom. The molecule has 2 N–H and O–H groups in total. The zero-order valence-corrected chi connectivity index (χ0v) is 18.4. The number of aromatic nitrogens is 1. The first-order valence-corrected chi connectivity index (χ1v) is 10.8. The molecule has 0 spiro atoms. The number of rotatable bonds is 7. The molecule has 0 aliphatic carbocycles. The number of carbonyl (C=O) groups is 2. The summed E-state index contributed by atoms with van der Waals surface area (Å²) in [5.41, 5.74) is 4.64. The van der Waals surface area contributed by atoms with Crippen molar-refractivity contribution >= 4 is 34.4 Å². The van der Waals surface area contributed by atoms with Crippen LogP contribution in [0.1, 0.15) is 44.3 Å². The Kier molecular flexibility index (Phi) is 6.28. The van der Waals surface area contributed by atoms with Crippen LogP contribution in [0.15, 0.2) is 72.9 Å². The summed E-state index contributed by atoms with van der Waals surface area (Å²) in [4.78, 5) is 24.3. The summed E-state index contributed by atoms with van der Waals surface area (Å²) in [6.45, 7) is 2.93. The summed E-state index contributed by atoms with van der Waals surface area (Å²) in [6.07, 6.45) is 2.67. The molecule has 4 aromatic rings. The number of carboxylic acids is 1. The minimum Gasteiger partial charge on any atom is -0.478 e. The molecule has 0 fully saturated rings. The first-order chi connectivity index (χ1) is 15.5. The number of halogens is 1. The Hall–Kier alpha value is -3.57. The van der Waals surface area contributed by atoms with Gasteiger partial charge in [-0.2, -0.15) is 0 Å². The van der Waals surface area contributed by atoms with Gasteiger partial charge in [0.15, 0.2) is 0 Å². The molecule has 4 rings (SSSR count). The fraction of sp³-hybridized carbons (Fsp3) is 0.154. The number of para-hydroxylation sites is 1. The van der Waals surface area contributed by atoms with E-state index in [-0.39, 0.29) is 11.5 Å². The van der Waals surface area contributed by atoms with E-state index in [1.165, 1.54) is 0 Å². The van der Waals surface area contributed by atoms with Gasteiger partial charge in [-0.25, -0.2) is 4.79 Å². The third kappa shape index (κ3) is 4.53. The smallest absolute Gasteiger partial charge is 0.335 e. The topological polar surface area (TPSA) is 71.3 Å². The second-order valence-corrected chi connectivity index (χ2v) is 8.07. The number of fused-ring (bicyclic) bond motifs is 1. The van der Waals surface area contributed by atoms with Crippen LogP contribution >= 0.6 is 11.6 Å². The number of hydrogen-bond donors (Lipinski definition) is 2. The Labute approximate surface area is 191 Å². The molecule has 0 unspecified atom stereocenters. The van der Waals surface area contributed by atoms with E-state index >= 15 is 0 Å². The second-order valence-electron chi connectivity index (χ2n) is 7.64. The Balaban J connectivity index is 1.58. The molecule has 162 valence electrons. The van der Waals surface area contributed by atoms with E-state index in [9.17, 15) is 14.7 Å². The van der Waals surface area contributed by atoms with E-state index < -0.39 is 5.97 Å². The lowest BCUT2D eigenvalue weighted by atomic mass is 10.0. The van der Waals surface area contributed by atoms with Crippen LogP contribution in [0.5, 0.6) is 0 Å². The molecule has 0 atom stereocenters. The van der Waals surface area contributed by atoms with Crippen molar-refractivity contribution in [2.24, 2.45) is 0 Å². The van der Waals surface area contributed by atoms with Crippen molar-refractivity contribution in [2.45, 2.75) is 26.4 Å². The SMILES string of the molecule is CCc1cc(C(=O)O)ccc1CNC(=O)c1cccc2ccn(Cc3ccc(Cl)cc3)c12. The van der Waals surface area contributed by atoms with Gasteiger partial charge in [0.05, 0.1) is 16.6 Å². The Bertz CT molecular complexity index is 1290. The molecule has 1 aromatic heterocycles. The second kappa shape index (κ2) is 9.28. The van der Waals surface area contributed by atoms with Crippen molar-refractivity contribution in [1.82, 2.24) is 9.88 Å². The van der Waals surface area contributed by atoms with Gasteiger partial charge in [0.2, 0.25) is 0 Å². The van der Waals surface area contributed by atoms with Gasteiger partial charge in [0.25, 0.3) is 5.91 Å². The zero-order valence-electron chi connectivity index (χ0n) is 17.6. The molecule has 5 nitrogen and oxygen atoms in total. The molecule has 0 aliphatic heterocycles. The molecule has 0 aliphatic rings. The highest BCUT2D eigenvalue weighted by Gasteiger charge is 2.15. The molecule has 0 radical (unpaired) electrons. The van der Waals surface area contributed by atoms with Crippen molar-refractivity contribution in [2.75, 3.05) is 0 Å². The summed E-state index contributed by atoms with van der Waals surface area (Å²) in [5.74, 6) is -1.13. The van der Waals surface area contributed by atoms with Crippen molar-refractivity contribution in [3.63, 3.8) is 0 Å². The third-order valence-electron chi connectivity index (χ3n) is 5.57. The number of carbonyl (C=O) groups excluding carboxylic acids is 1. The van der Waals surface area contributed by atoms with Gasteiger partial charge in [-0.05, 0) is 59.5 Å². The first-order valence-electron chi connectivity index (χ1n) is 10.4. The van der Waals surface area contributed by atoms with Gasteiger partial charge >= 0.3 is 5.97 Å². The number of nitrogens with zero attached hydrogens (tertiary/aromatic N) is 1. The van der Waals surface area contributed by atoms with Crippen LogP contribution in [-0.2, 0) is 19.5 Å². The van der Waals surface area contributed by atoms with Crippen LogP contribution in [-0.4, -0.2) is 21.6 Å². The zero-order chi connectivity index (χ0) is 22.7. The van der Waals surface area contributed by atoms with Crippen molar-refractivity contribution in [1.29, 1.82) is 0 Å². The Morgan fingerprint density at radius 2 is 1.78 bits per heavy atom. The average molecular weight is 447 g/mol. The van der Waals surface area contributed by atoms with Gasteiger partial charge < -0.3 is 15.0 Å². The van der Waals surface area contributed by atoms with Gasteiger partial charge in [-0.15, -0.1) is 0 Å². The first kappa shape index (κ1) is 21.7. The summed E-state index contributed by atoms with van der Waals surface area (Å²) in [6, 6.07) is 20.4. The normalized spacial score (nSPS) is 10.9. The summed E-state index contributed by atoms with van der Waals surface area (Å²) >= 11 is 6.00. The minimum atomic E-state index is -0.955. The van der Waals surface area contributed by atoms with Crippen LogP contribution in [0.4, 0.5) is 0 Å². The van der Waals surface area contributed by atoms with E-state index in [1.54, 1.807) is 18.2 Å². The van der Waals surface area contributed by atoms with E-state index in [4.69, 9.17) is 11.6 Å². The van der Waals surface area contributed by atoms with Crippen LogP contribution in [0.3, 0.4) is 0 Å². The van der Waals surface area contributed by atoms with Gasteiger partial charge in [0.1, 0.15) is 0 Å². The van der Waals surface area contributed by atoms with E-state index in [1.807, 2.05) is 61.7 Å². The highest BCUT2D eigenvalue weighted by Crippen LogP contribution is 2.23. The maximum Gasteiger partial charge on any atom is 0.335 e. The molecule has 3 aromatic carbocycles. The third-order valence-corrected chi connectivity index (χ3v) is 5.82. The number of hydrogen-bond acceptors (Lipinski definition) is 2. The molecule has 0 bridgehead atoms. The van der Waals surface area contributed by atoms with Gasteiger partial charge in [-0.1, -0.05) is 48.9 Å². The standard InChI is InChI=1S/C26H23ClN2O3/c1-2-18-14-20(26(31)32)8-9-21(18)15-28-25(30)23-5-3-4-19-12-13-29(24(19)23)16-17-6-10-22(27)11-7-17/h3-14H,2,15-16H2,1H3,(H,28,30)(H,31,32). The van der Waals surface area contributed by atoms with Crippen molar-refractivity contribution in [3.8, 4) is 0 Å². The minimum absolute atomic E-state index is 0.170. The quantitative estimate of drug-likeness (QED) is 0.392. The average Bonchev–Trinajstić information content (AvgIpc) is 3.21. The van der Waals surface area contributed by atoms with Crippen LogP contribution in [0, 0.1) is 0 Å². The van der Waals surface area contributed by atoms with Crippen LogP contribution < -0.4 is 5.32 Å². The highest BCUT2D eigenvalue weighted by atomic mass is 35.5. The van der Waals surface area contributed by atoms with Crippen molar-refractivity contribution < 1.29 is 14.7 Å². The predicted molar refractivity (Wildman–Crippen MR) is 126 cm³/mol. The lowest BCUT2D eigenvalue weighted by Gasteiger charge is -2.13. The molecular formula is C26H23ClN2O3. The summed E-state index contributed by atoms with van der Waals surface area (Å²) in [5, 5.41) is 13.9. The number of nitrogens with one attached hydrogen (secondary N) is 1. The number of benzene rings is 3. The summed E-state index contributed by atoms with van der Waals surface area (Å²) < 4.78 is 2.06. The maximum atomic E-state index is 13.1. The molecular weight excluding hydrogens is 424 g/mol. The maximum absolute atomic E-state index is 13.1. The van der Waals surface area contributed by atoms with E-state index in [0.29, 0.717) is 30.1 Å². The molecule has 6 heteroatoms. The molecule has 0 saturated heterocycles. The largest absolute Gasteiger partial charge is 0.478 e. The molecule has 1 amide bonds. The van der Waals surface area contributed by atoms with E-state index in [0.717, 1.165) is 27.6 Å². The summed E-state index contributed by atoms with van der Waals surface area (Å²) in [7, 11) is 0. The number of aromatic carboxylic acids is 1. The molecule has 0 saturated carbocycles. The fourth-order valence-corrected chi connectivity index (χ4v) is 4.02. The monoisotopic (exact) mass is 446 g/mol. The number of amides is 1. The fourth-order valence-electron chi connectivity index (χ4n) is 3.89. The Morgan fingerprint density at radius 1 is 1.00 bits per heavy atom. The van der Waals surface area contributed by atoms with Crippen LogP contribution in [0.2, 0.25) is 5.02 Å². The highest BCUT2D eigenvalue weighted by molar-refractivity contribution is 6.30. The van der Waals surface area contributed by atoms with E-state index in [2.05, 4.69) is 9.88 Å². The van der Waals surface area contributed by atoms with Gasteiger partial charge in [-0.3, -0.25) is 4.79 Å². The lowest BCUT2D eigenvalue weighted by molar-refractivity contribution is 0.0696. The number of aryl methyl sites for hydroxylation is 1. The lowest BCUT2D eigenvalue weighted by Crippen LogP contribution is -2.24.